The first-order valence-corrected chi connectivity index (χ1v) is 8.80. The molecule has 2 aromatic carbocycles. The highest BCUT2D eigenvalue weighted by Gasteiger charge is 2.21. The number of amides is 2. The van der Waals surface area contributed by atoms with Crippen LogP contribution in [-0.2, 0) is 7.05 Å². The molecule has 0 spiro atoms. The summed E-state index contributed by atoms with van der Waals surface area (Å²) in [5.74, 6) is 1.47. The van der Waals surface area contributed by atoms with E-state index >= 15 is 0 Å². The summed E-state index contributed by atoms with van der Waals surface area (Å²) in [6, 6.07) is 12.1. The fourth-order valence-electron chi connectivity index (χ4n) is 2.72. The summed E-state index contributed by atoms with van der Waals surface area (Å²) in [6.45, 7) is 1.91. The van der Waals surface area contributed by atoms with Crippen LogP contribution in [0.1, 0.15) is 23.0 Å². The maximum absolute atomic E-state index is 12.6. The van der Waals surface area contributed by atoms with Crippen molar-refractivity contribution in [2.75, 3.05) is 12.4 Å². The number of hydrogen-bond acceptors (Lipinski definition) is 3. The maximum Gasteiger partial charge on any atom is 0.320 e. The monoisotopic (exact) mass is 384 g/mol. The first kappa shape index (κ1) is 18.8. The lowest BCUT2D eigenvalue weighted by Crippen LogP contribution is -2.34. The summed E-state index contributed by atoms with van der Waals surface area (Å²) in [5.41, 5.74) is 2.46. The molecule has 1 unspecified atom stereocenters. The second-order valence-corrected chi connectivity index (χ2v) is 6.57. The number of anilines is 1. The molecule has 0 aliphatic rings. The van der Waals surface area contributed by atoms with Gasteiger partial charge in [-0.15, -0.1) is 0 Å². The summed E-state index contributed by atoms with van der Waals surface area (Å²) < 4.78 is 7.08. The standard InChI is InChI=1S/C20H21ClN4O2/c1-13-4-7-15(12-17(13)21)23-20(26)24-18(19-22-10-11-25(19)2)14-5-8-16(27-3)9-6-14/h4-12,18H,1-3H3,(H2,23,24,26). The minimum Gasteiger partial charge on any atom is -0.497 e. The van der Waals surface area contributed by atoms with Crippen LogP contribution < -0.4 is 15.4 Å². The molecule has 0 bridgehead atoms. The number of urea groups is 1. The van der Waals surface area contributed by atoms with Crippen molar-refractivity contribution in [3.05, 3.63) is 76.8 Å². The van der Waals surface area contributed by atoms with Crippen molar-refractivity contribution in [1.29, 1.82) is 0 Å². The van der Waals surface area contributed by atoms with Gasteiger partial charge in [0, 0.05) is 30.2 Å². The molecule has 0 radical (unpaired) electrons. The van der Waals surface area contributed by atoms with Crippen LogP contribution in [0.15, 0.2) is 54.9 Å². The highest BCUT2D eigenvalue weighted by atomic mass is 35.5. The summed E-state index contributed by atoms with van der Waals surface area (Å²) in [5, 5.41) is 6.40. The van der Waals surface area contributed by atoms with E-state index in [1.54, 1.807) is 19.4 Å². The van der Waals surface area contributed by atoms with Gasteiger partial charge in [-0.1, -0.05) is 29.8 Å². The number of nitrogens with one attached hydrogen (secondary N) is 2. The molecule has 7 heteroatoms. The zero-order chi connectivity index (χ0) is 19.4. The lowest BCUT2D eigenvalue weighted by molar-refractivity contribution is 0.249. The number of imidazole rings is 1. The first-order chi connectivity index (χ1) is 13.0. The lowest BCUT2D eigenvalue weighted by atomic mass is 10.1. The predicted molar refractivity (Wildman–Crippen MR) is 106 cm³/mol. The average Bonchev–Trinajstić information content (AvgIpc) is 3.08. The molecule has 27 heavy (non-hydrogen) atoms. The third-order valence-corrected chi connectivity index (χ3v) is 4.68. The van der Waals surface area contributed by atoms with E-state index in [2.05, 4.69) is 15.6 Å². The lowest BCUT2D eigenvalue weighted by Gasteiger charge is -2.20. The SMILES string of the molecule is COc1ccc(C(NC(=O)Nc2ccc(C)c(Cl)c2)c2nccn2C)cc1. The molecule has 1 atom stereocenters. The molecule has 0 aliphatic heterocycles. The van der Waals surface area contributed by atoms with Gasteiger partial charge in [-0.3, -0.25) is 0 Å². The number of hydrogen-bond donors (Lipinski definition) is 2. The molecule has 140 valence electrons. The molecular weight excluding hydrogens is 364 g/mol. The van der Waals surface area contributed by atoms with Crippen molar-refractivity contribution >= 4 is 23.3 Å². The number of carbonyl (C=O) groups excluding carboxylic acids is 1. The molecular formula is C20H21ClN4O2. The van der Waals surface area contributed by atoms with Gasteiger partial charge in [-0.05, 0) is 42.3 Å². The quantitative estimate of drug-likeness (QED) is 0.689. The van der Waals surface area contributed by atoms with E-state index in [1.807, 2.05) is 61.1 Å². The third-order valence-electron chi connectivity index (χ3n) is 4.27. The van der Waals surface area contributed by atoms with Crippen molar-refractivity contribution in [3.63, 3.8) is 0 Å². The Bertz CT molecular complexity index is 937. The number of methoxy groups -OCH3 is 1. The Morgan fingerprint density at radius 2 is 1.96 bits per heavy atom. The molecule has 2 amide bonds. The number of rotatable bonds is 5. The maximum atomic E-state index is 12.6. The van der Waals surface area contributed by atoms with Gasteiger partial charge in [0.25, 0.3) is 0 Å². The van der Waals surface area contributed by atoms with Crippen molar-refractivity contribution in [3.8, 4) is 5.75 Å². The number of halogens is 1. The topological polar surface area (TPSA) is 68.2 Å². The van der Waals surface area contributed by atoms with Gasteiger partial charge >= 0.3 is 6.03 Å². The van der Waals surface area contributed by atoms with Crippen LogP contribution in [0.4, 0.5) is 10.5 Å². The number of aromatic nitrogens is 2. The average molecular weight is 385 g/mol. The van der Waals surface area contributed by atoms with Gasteiger partial charge in [0.15, 0.2) is 0 Å². The van der Waals surface area contributed by atoms with Gasteiger partial charge in [0.1, 0.15) is 17.6 Å². The molecule has 0 fully saturated rings. The summed E-state index contributed by atoms with van der Waals surface area (Å²) >= 11 is 6.13. The van der Waals surface area contributed by atoms with E-state index in [9.17, 15) is 4.79 Å². The van der Waals surface area contributed by atoms with E-state index in [0.717, 1.165) is 22.7 Å². The van der Waals surface area contributed by atoms with Gasteiger partial charge in [-0.25, -0.2) is 9.78 Å². The Labute approximate surface area is 163 Å². The van der Waals surface area contributed by atoms with Crippen LogP contribution in [0.5, 0.6) is 5.75 Å². The smallest absolute Gasteiger partial charge is 0.320 e. The molecule has 2 N–H and O–H groups in total. The van der Waals surface area contributed by atoms with Crippen molar-refractivity contribution in [2.24, 2.45) is 7.05 Å². The number of nitrogens with zero attached hydrogens (tertiary/aromatic N) is 2. The third kappa shape index (κ3) is 4.41. The Morgan fingerprint density at radius 3 is 2.56 bits per heavy atom. The molecule has 1 heterocycles. The zero-order valence-corrected chi connectivity index (χ0v) is 16.1. The molecule has 3 rings (SSSR count). The van der Waals surface area contributed by atoms with E-state index in [1.165, 1.54) is 0 Å². The Hall–Kier alpha value is -2.99. The van der Waals surface area contributed by atoms with Crippen LogP contribution >= 0.6 is 11.6 Å². The normalized spacial score (nSPS) is 11.7. The van der Waals surface area contributed by atoms with Crippen LogP contribution in [0.2, 0.25) is 5.02 Å². The van der Waals surface area contributed by atoms with Gasteiger partial charge in [0.2, 0.25) is 0 Å². The highest BCUT2D eigenvalue weighted by Crippen LogP contribution is 2.24. The highest BCUT2D eigenvalue weighted by molar-refractivity contribution is 6.31. The largest absolute Gasteiger partial charge is 0.497 e. The van der Waals surface area contributed by atoms with E-state index < -0.39 is 6.04 Å². The number of ether oxygens (including phenoxy) is 1. The molecule has 6 nitrogen and oxygen atoms in total. The fourth-order valence-corrected chi connectivity index (χ4v) is 2.90. The second kappa shape index (κ2) is 8.14. The number of carbonyl (C=O) groups is 1. The van der Waals surface area contributed by atoms with Crippen LogP contribution in [0, 0.1) is 6.92 Å². The molecule has 0 aliphatic carbocycles. The van der Waals surface area contributed by atoms with E-state index in [-0.39, 0.29) is 6.03 Å². The first-order valence-electron chi connectivity index (χ1n) is 8.43. The van der Waals surface area contributed by atoms with E-state index in [0.29, 0.717) is 10.7 Å². The van der Waals surface area contributed by atoms with Gasteiger partial charge < -0.3 is 19.9 Å². The second-order valence-electron chi connectivity index (χ2n) is 6.16. The number of benzene rings is 2. The van der Waals surface area contributed by atoms with Gasteiger partial charge in [-0.2, -0.15) is 0 Å². The summed E-state index contributed by atoms with van der Waals surface area (Å²) in [6.07, 6.45) is 3.54. The Kier molecular flexibility index (Phi) is 5.66. The number of aryl methyl sites for hydroxylation is 2. The van der Waals surface area contributed by atoms with Crippen molar-refractivity contribution < 1.29 is 9.53 Å². The molecule has 1 aromatic heterocycles. The van der Waals surface area contributed by atoms with Crippen molar-refractivity contribution in [1.82, 2.24) is 14.9 Å². The van der Waals surface area contributed by atoms with Crippen LogP contribution in [0.25, 0.3) is 0 Å². The fraction of sp³-hybridized carbons (Fsp3) is 0.200. The van der Waals surface area contributed by atoms with Crippen LogP contribution in [-0.4, -0.2) is 22.7 Å². The molecule has 0 saturated heterocycles. The van der Waals surface area contributed by atoms with E-state index in [4.69, 9.17) is 16.3 Å². The molecule has 3 aromatic rings. The summed E-state index contributed by atoms with van der Waals surface area (Å²) in [4.78, 5) is 17.0. The minimum atomic E-state index is -0.420. The molecule has 0 saturated carbocycles. The zero-order valence-electron chi connectivity index (χ0n) is 15.4. The van der Waals surface area contributed by atoms with Gasteiger partial charge in [0.05, 0.1) is 7.11 Å². The van der Waals surface area contributed by atoms with Crippen molar-refractivity contribution in [2.45, 2.75) is 13.0 Å². The summed E-state index contributed by atoms with van der Waals surface area (Å²) in [7, 11) is 3.50. The predicted octanol–water partition coefficient (Wildman–Crippen LogP) is 4.30. The Balaban J connectivity index is 1.83. The van der Waals surface area contributed by atoms with Crippen LogP contribution in [0.3, 0.4) is 0 Å². The minimum absolute atomic E-state index is 0.348. The Morgan fingerprint density at radius 1 is 1.22 bits per heavy atom.